The molecule has 2 nitrogen and oxygen atoms in total. The lowest BCUT2D eigenvalue weighted by Crippen LogP contribution is -2.19. The molecule has 2 rings (SSSR count). The van der Waals surface area contributed by atoms with Crippen molar-refractivity contribution in [3.05, 3.63) is 64.7 Å². The monoisotopic (exact) mass is 289 g/mol. The fraction of sp³-hybridized carbons (Fsp3) is 0.294. The smallest absolute Gasteiger partial charge is 0.122 e. The molecule has 0 saturated carbocycles. The van der Waals surface area contributed by atoms with Gasteiger partial charge in [0.2, 0.25) is 0 Å². The van der Waals surface area contributed by atoms with E-state index >= 15 is 0 Å². The number of hydrogen-bond acceptors (Lipinski definition) is 2. The van der Waals surface area contributed by atoms with Gasteiger partial charge < -0.3 is 10.1 Å². The Morgan fingerprint density at radius 2 is 1.80 bits per heavy atom. The molecule has 0 saturated heterocycles. The van der Waals surface area contributed by atoms with Crippen molar-refractivity contribution in [3.8, 4) is 5.75 Å². The Balaban J connectivity index is 2.23. The van der Waals surface area contributed by atoms with Gasteiger partial charge in [-0.1, -0.05) is 41.9 Å². The molecule has 0 bridgehead atoms. The largest absolute Gasteiger partial charge is 0.496 e. The Hall–Kier alpha value is -1.51. The molecule has 106 valence electrons. The van der Waals surface area contributed by atoms with Crippen LogP contribution in [0.1, 0.15) is 17.0 Å². The SMILES string of the molecule is CNCC(Cc1ccccc1OC)c1ccc(Cl)cc1. The lowest BCUT2D eigenvalue weighted by Gasteiger charge is -2.19. The molecule has 0 heterocycles. The lowest BCUT2D eigenvalue weighted by atomic mass is 9.91. The minimum atomic E-state index is 0.397. The number of nitrogens with one attached hydrogen (secondary N) is 1. The Bertz CT molecular complexity index is 539. The quantitative estimate of drug-likeness (QED) is 0.871. The first-order chi connectivity index (χ1) is 9.74. The van der Waals surface area contributed by atoms with Crippen LogP contribution in [0.3, 0.4) is 0 Å². The molecule has 0 spiro atoms. The molecule has 2 aromatic carbocycles. The van der Waals surface area contributed by atoms with Gasteiger partial charge in [-0.15, -0.1) is 0 Å². The molecule has 0 aliphatic carbocycles. The van der Waals surface area contributed by atoms with Gasteiger partial charge in [0.05, 0.1) is 7.11 Å². The van der Waals surface area contributed by atoms with Crippen molar-refractivity contribution in [2.45, 2.75) is 12.3 Å². The normalized spacial score (nSPS) is 12.2. The molecule has 20 heavy (non-hydrogen) atoms. The van der Waals surface area contributed by atoms with E-state index in [9.17, 15) is 0 Å². The summed E-state index contributed by atoms with van der Waals surface area (Å²) in [6, 6.07) is 16.3. The Kier molecular flexibility index (Phi) is 5.45. The number of methoxy groups -OCH3 is 1. The van der Waals surface area contributed by atoms with Crippen molar-refractivity contribution >= 4 is 11.6 Å². The summed E-state index contributed by atoms with van der Waals surface area (Å²) in [7, 11) is 3.69. The van der Waals surface area contributed by atoms with E-state index in [0.717, 1.165) is 23.7 Å². The van der Waals surface area contributed by atoms with E-state index in [-0.39, 0.29) is 0 Å². The third-order valence-corrected chi connectivity index (χ3v) is 3.70. The van der Waals surface area contributed by atoms with Crippen LogP contribution < -0.4 is 10.1 Å². The summed E-state index contributed by atoms with van der Waals surface area (Å²) in [4.78, 5) is 0. The van der Waals surface area contributed by atoms with E-state index in [2.05, 4.69) is 29.6 Å². The van der Waals surface area contributed by atoms with Crippen LogP contribution in [0.2, 0.25) is 5.02 Å². The Labute approximate surface area is 125 Å². The van der Waals surface area contributed by atoms with Crippen LogP contribution in [0.4, 0.5) is 0 Å². The number of para-hydroxylation sites is 1. The number of rotatable bonds is 6. The fourth-order valence-electron chi connectivity index (χ4n) is 2.43. The summed E-state index contributed by atoms with van der Waals surface area (Å²) in [6.07, 6.45) is 0.937. The zero-order valence-corrected chi connectivity index (χ0v) is 12.7. The van der Waals surface area contributed by atoms with Crippen molar-refractivity contribution in [1.29, 1.82) is 0 Å². The molecule has 3 heteroatoms. The van der Waals surface area contributed by atoms with E-state index in [1.807, 2.05) is 31.3 Å². The molecule has 1 atom stereocenters. The van der Waals surface area contributed by atoms with Gasteiger partial charge in [-0.05, 0) is 42.8 Å². The molecule has 0 aliphatic heterocycles. The zero-order valence-electron chi connectivity index (χ0n) is 11.9. The minimum absolute atomic E-state index is 0.397. The van der Waals surface area contributed by atoms with Gasteiger partial charge >= 0.3 is 0 Å². The first-order valence-corrected chi connectivity index (χ1v) is 7.14. The van der Waals surface area contributed by atoms with Crippen LogP contribution in [-0.2, 0) is 6.42 Å². The number of likely N-dealkylation sites (N-methyl/N-ethyl adjacent to an activating group) is 1. The van der Waals surface area contributed by atoms with E-state index in [0.29, 0.717) is 5.92 Å². The lowest BCUT2D eigenvalue weighted by molar-refractivity contribution is 0.407. The molecular weight excluding hydrogens is 270 g/mol. The maximum absolute atomic E-state index is 5.97. The van der Waals surface area contributed by atoms with E-state index < -0.39 is 0 Å². The van der Waals surface area contributed by atoms with Gasteiger partial charge in [0.1, 0.15) is 5.75 Å². The van der Waals surface area contributed by atoms with Crippen LogP contribution in [0, 0.1) is 0 Å². The van der Waals surface area contributed by atoms with Crippen molar-refractivity contribution < 1.29 is 4.74 Å². The summed E-state index contributed by atoms with van der Waals surface area (Å²) in [5.41, 5.74) is 2.51. The van der Waals surface area contributed by atoms with E-state index in [1.165, 1.54) is 11.1 Å². The molecule has 0 radical (unpaired) electrons. The molecule has 2 aromatic rings. The topological polar surface area (TPSA) is 21.3 Å². The summed E-state index contributed by atoms with van der Waals surface area (Å²) >= 11 is 5.97. The van der Waals surface area contributed by atoms with Crippen LogP contribution in [0.25, 0.3) is 0 Å². The van der Waals surface area contributed by atoms with Crippen molar-refractivity contribution in [3.63, 3.8) is 0 Å². The van der Waals surface area contributed by atoms with Crippen LogP contribution in [0.15, 0.2) is 48.5 Å². The molecule has 1 unspecified atom stereocenters. The Morgan fingerprint density at radius 1 is 1.10 bits per heavy atom. The number of ether oxygens (including phenoxy) is 1. The van der Waals surface area contributed by atoms with Gasteiger partial charge in [-0.3, -0.25) is 0 Å². The maximum atomic E-state index is 5.97. The highest BCUT2D eigenvalue weighted by molar-refractivity contribution is 6.30. The van der Waals surface area contributed by atoms with Crippen molar-refractivity contribution in [1.82, 2.24) is 5.32 Å². The molecule has 0 fully saturated rings. The molecule has 0 aliphatic rings. The summed E-state index contributed by atoms with van der Waals surface area (Å²) < 4.78 is 5.44. The highest BCUT2D eigenvalue weighted by Crippen LogP contribution is 2.26. The number of hydrogen-bond donors (Lipinski definition) is 1. The molecule has 0 aromatic heterocycles. The highest BCUT2D eigenvalue weighted by atomic mass is 35.5. The molecular formula is C17H20ClNO. The molecule has 1 N–H and O–H groups in total. The highest BCUT2D eigenvalue weighted by Gasteiger charge is 2.14. The van der Waals surface area contributed by atoms with E-state index in [4.69, 9.17) is 16.3 Å². The minimum Gasteiger partial charge on any atom is -0.496 e. The third kappa shape index (κ3) is 3.75. The molecule has 0 amide bonds. The third-order valence-electron chi connectivity index (χ3n) is 3.45. The van der Waals surface area contributed by atoms with Gasteiger partial charge in [0.15, 0.2) is 0 Å². The predicted octanol–water partition coefficient (Wildman–Crippen LogP) is 3.89. The Morgan fingerprint density at radius 3 is 2.45 bits per heavy atom. The average Bonchev–Trinajstić information content (AvgIpc) is 2.48. The standard InChI is InChI=1S/C17H20ClNO/c1-19-12-15(13-7-9-16(18)10-8-13)11-14-5-3-4-6-17(14)20-2/h3-10,15,19H,11-12H2,1-2H3. The van der Waals surface area contributed by atoms with Crippen LogP contribution in [-0.4, -0.2) is 20.7 Å². The zero-order chi connectivity index (χ0) is 14.4. The first-order valence-electron chi connectivity index (χ1n) is 6.76. The second-order valence-corrected chi connectivity index (χ2v) is 5.26. The second-order valence-electron chi connectivity index (χ2n) is 4.82. The summed E-state index contributed by atoms with van der Waals surface area (Å²) in [5.74, 6) is 1.34. The van der Waals surface area contributed by atoms with E-state index in [1.54, 1.807) is 7.11 Å². The second kappa shape index (κ2) is 7.32. The van der Waals surface area contributed by atoms with Gasteiger partial charge in [-0.25, -0.2) is 0 Å². The van der Waals surface area contributed by atoms with Crippen LogP contribution in [0.5, 0.6) is 5.75 Å². The summed E-state index contributed by atoms with van der Waals surface area (Å²) in [6.45, 7) is 0.916. The van der Waals surface area contributed by atoms with Gasteiger partial charge in [0.25, 0.3) is 0 Å². The number of benzene rings is 2. The van der Waals surface area contributed by atoms with Crippen LogP contribution >= 0.6 is 11.6 Å². The van der Waals surface area contributed by atoms with Gasteiger partial charge in [-0.2, -0.15) is 0 Å². The summed E-state index contributed by atoms with van der Waals surface area (Å²) in [5, 5.41) is 4.04. The van der Waals surface area contributed by atoms with Crippen molar-refractivity contribution in [2.24, 2.45) is 0 Å². The average molecular weight is 290 g/mol. The van der Waals surface area contributed by atoms with Crippen molar-refractivity contribution in [2.75, 3.05) is 20.7 Å². The fourth-order valence-corrected chi connectivity index (χ4v) is 2.55. The predicted molar refractivity (Wildman–Crippen MR) is 84.8 cm³/mol. The number of halogens is 1. The first kappa shape index (κ1) is 14.9. The maximum Gasteiger partial charge on any atom is 0.122 e. The van der Waals surface area contributed by atoms with Gasteiger partial charge in [0, 0.05) is 17.5 Å².